The molecule has 0 fully saturated rings. The van der Waals surface area contributed by atoms with Gasteiger partial charge in [0.1, 0.15) is 17.4 Å². The van der Waals surface area contributed by atoms with E-state index in [2.05, 4.69) is 0 Å². The van der Waals surface area contributed by atoms with Crippen molar-refractivity contribution >= 4 is 5.78 Å². The summed E-state index contributed by atoms with van der Waals surface area (Å²) in [4.78, 5) is 12.6. The fourth-order valence-corrected chi connectivity index (χ4v) is 2.52. The summed E-state index contributed by atoms with van der Waals surface area (Å²) in [5.74, 6) is -0.598. The molecule has 0 heterocycles. The minimum atomic E-state index is -0.602. The van der Waals surface area contributed by atoms with Crippen LogP contribution in [0.25, 0.3) is 0 Å². The highest BCUT2D eigenvalue weighted by Gasteiger charge is 2.29. The Hall–Kier alpha value is -2.07. The molecule has 0 amide bonds. The standard InChI is InChI=1S/C19H21F2NO/c1-19(2,12-13-3-7-15(20)8-4-13)18(23)11-17(22)14-5-9-16(21)10-6-14/h3-10,17H,11-12,22H2,1-2H3. The van der Waals surface area contributed by atoms with E-state index < -0.39 is 11.5 Å². The van der Waals surface area contributed by atoms with E-state index >= 15 is 0 Å². The molecule has 0 aliphatic carbocycles. The Morgan fingerprint density at radius 1 is 1.00 bits per heavy atom. The first kappa shape index (κ1) is 17.3. The second-order valence-electron chi connectivity index (χ2n) is 6.47. The van der Waals surface area contributed by atoms with Gasteiger partial charge in [0.05, 0.1) is 0 Å². The van der Waals surface area contributed by atoms with Crippen molar-refractivity contribution in [2.75, 3.05) is 0 Å². The molecule has 122 valence electrons. The molecule has 1 atom stereocenters. The highest BCUT2D eigenvalue weighted by Crippen LogP contribution is 2.28. The Labute approximate surface area is 135 Å². The smallest absolute Gasteiger partial charge is 0.140 e. The van der Waals surface area contributed by atoms with Gasteiger partial charge in [-0.15, -0.1) is 0 Å². The molecule has 2 rings (SSSR count). The summed E-state index contributed by atoms with van der Waals surface area (Å²) in [5, 5.41) is 0. The number of Topliss-reactive ketones (excluding diaryl/α,β-unsaturated/α-hetero) is 1. The summed E-state index contributed by atoms with van der Waals surface area (Å²) in [5.41, 5.74) is 7.10. The lowest BCUT2D eigenvalue weighted by atomic mass is 9.79. The summed E-state index contributed by atoms with van der Waals surface area (Å²) in [6, 6.07) is 11.6. The molecule has 0 radical (unpaired) electrons. The predicted octanol–water partition coefficient (Wildman–Crippen LogP) is 4.19. The molecule has 0 saturated carbocycles. The van der Waals surface area contributed by atoms with Crippen molar-refractivity contribution in [1.29, 1.82) is 0 Å². The van der Waals surface area contributed by atoms with Crippen LogP contribution in [0.2, 0.25) is 0 Å². The largest absolute Gasteiger partial charge is 0.324 e. The van der Waals surface area contributed by atoms with Crippen molar-refractivity contribution in [3.8, 4) is 0 Å². The maximum absolute atomic E-state index is 13.0. The van der Waals surface area contributed by atoms with E-state index in [4.69, 9.17) is 5.73 Å². The zero-order chi connectivity index (χ0) is 17.0. The van der Waals surface area contributed by atoms with Crippen LogP contribution in [0.5, 0.6) is 0 Å². The normalized spacial score (nSPS) is 12.9. The van der Waals surface area contributed by atoms with Crippen LogP contribution in [0.3, 0.4) is 0 Å². The Morgan fingerprint density at radius 3 is 2.00 bits per heavy atom. The van der Waals surface area contributed by atoms with Gasteiger partial charge in [0.25, 0.3) is 0 Å². The van der Waals surface area contributed by atoms with Gasteiger partial charge in [-0.05, 0) is 41.8 Å². The summed E-state index contributed by atoms with van der Waals surface area (Å²) in [7, 11) is 0. The number of nitrogens with two attached hydrogens (primary N) is 1. The van der Waals surface area contributed by atoms with Gasteiger partial charge in [0.2, 0.25) is 0 Å². The van der Waals surface area contributed by atoms with E-state index in [9.17, 15) is 13.6 Å². The molecule has 0 spiro atoms. The predicted molar refractivity (Wildman–Crippen MR) is 86.8 cm³/mol. The lowest BCUT2D eigenvalue weighted by molar-refractivity contribution is -0.127. The third-order valence-corrected chi connectivity index (χ3v) is 4.02. The number of carbonyl (C=O) groups excluding carboxylic acids is 1. The average molecular weight is 317 g/mol. The van der Waals surface area contributed by atoms with Gasteiger partial charge in [-0.3, -0.25) is 4.79 Å². The fourth-order valence-electron chi connectivity index (χ4n) is 2.52. The molecule has 0 aromatic heterocycles. The van der Waals surface area contributed by atoms with Gasteiger partial charge in [-0.2, -0.15) is 0 Å². The number of carbonyl (C=O) groups is 1. The SMILES string of the molecule is CC(C)(Cc1ccc(F)cc1)C(=O)CC(N)c1ccc(F)cc1. The van der Waals surface area contributed by atoms with Crippen molar-refractivity contribution < 1.29 is 13.6 Å². The first-order chi connectivity index (χ1) is 10.8. The summed E-state index contributed by atoms with van der Waals surface area (Å²) in [6.07, 6.45) is 0.697. The maximum Gasteiger partial charge on any atom is 0.140 e. The van der Waals surface area contributed by atoms with Crippen LogP contribution in [0.1, 0.15) is 37.4 Å². The lowest BCUT2D eigenvalue weighted by Crippen LogP contribution is -2.30. The number of halogens is 2. The molecular formula is C19H21F2NO. The number of benzene rings is 2. The van der Waals surface area contributed by atoms with E-state index in [1.807, 2.05) is 13.8 Å². The Bertz CT molecular complexity index is 663. The van der Waals surface area contributed by atoms with Gasteiger partial charge in [0, 0.05) is 17.9 Å². The van der Waals surface area contributed by atoms with E-state index in [0.29, 0.717) is 6.42 Å². The summed E-state index contributed by atoms with van der Waals surface area (Å²) < 4.78 is 25.9. The Morgan fingerprint density at radius 2 is 1.48 bits per heavy atom. The van der Waals surface area contributed by atoms with Crippen molar-refractivity contribution in [1.82, 2.24) is 0 Å². The Balaban J connectivity index is 2.02. The topological polar surface area (TPSA) is 43.1 Å². The van der Waals surface area contributed by atoms with Crippen molar-refractivity contribution in [3.05, 3.63) is 71.3 Å². The first-order valence-corrected chi connectivity index (χ1v) is 7.57. The highest BCUT2D eigenvalue weighted by atomic mass is 19.1. The number of rotatable bonds is 6. The van der Waals surface area contributed by atoms with E-state index in [1.165, 1.54) is 24.3 Å². The molecule has 4 heteroatoms. The second kappa shape index (κ2) is 7.01. The molecule has 0 bridgehead atoms. The molecule has 2 aromatic rings. The molecule has 2 aromatic carbocycles. The molecule has 2 nitrogen and oxygen atoms in total. The van der Waals surface area contributed by atoms with Gasteiger partial charge in [-0.25, -0.2) is 8.78 Å². The minimum Gasteiger partial charge on any atom is -0.324 e. The van der Waals surface area contributed by atoms with Crippen LogP contribution in [0.15, 0.2) is 48.5 Å². The number of hydrogen-bond donors (Lipinski definition) is 1. The van der Waals surface area contributed by atoms with Crippen molar-refractivity contribution in [3.63, 3.8) is 0 Å². The lowest BCUT2D eigenvalue weighted by Gasteiger charge is -2.25. The average Bonchev–Trinajstić information content (AvgIpc) is 2.50. The van der Waals surface area contributed by atoms with Crippen LogP contribution < -0.4 is 5.73 Å². The van der Waals surface area contributed by atoms with E-state index in [0.717, 1.165) is 11.1 Å². The molecule has 0 saturated heterocycles. The first-order valence-electron chi connectivity index (χ1n) is 7.57. The van der Waals surface area contributed by atoms with Crippen molar-refractivity contribution in [2.24, 2.45) is 11.1 Å². The molecule has 2 N–H and O–H groups in total. The van der Waals surface area contributed by atoms with Crippen LogP contribution in [-0.2, 0) is 11.2 Å². The number of hydrogen-bond acceptors (Lipinski definition) is 2. The van der Waals surface area contributed by atoms with Crippen molar-refractivity contribution in [2.45, 2.75) is 32.7 Å². The van der Waals surface area contributed by atoms with E-state index in [1.54, 1.807) is 24.3 Å². The Kier molecular flexibility index (Phi) is 5.26. The van der Waals surface area contributed by atoms with Crippen LogP contribution in [0, 0.1) is 17.0 Å². The van der Waals surface area contributed by atoms with Gasteiger partial charge < -0.3 is 5.73 Å². The summed E-state index contributed by atoms with van der Waals surface area (Å²) >= 11 is 0. The molecule has 0 aliphatic heterocycles. The molecule has 1 unspecified atom stereocenters. The maximum atomic E-state index is 13.0. The van der Waals surface area contributed by atoms with Crippen LogP contribution >= 0.6 is 0 Å². The fraction of sp³-hybridized carbons (Fsp3) is 0.316. The quantitative estimate of drug-likeness (QED) is 0.868. The van der Waals surface area contributed by atoms with Crippen LogP contribution in [-0.4, -0.2) is 5.78 Å². The second-order valence-corrected chi connectivity index (χ2v) is 6.47. The van der Waals surface area contributed by atoms with E-state index in [-0.39, 0.29) is 23.8 Å². The van der Waals surface area contributed by atoms with Gasteiger partial charge in [-0.1, -0.05) is 38.1 Å². The monoisotopic (exact) mass is 317 g/mol. The zero-order valence-corrected chi connectivity index (χ0v) is 13.4. The molecule has 0 aliphatic rings. The molecular weight excluding hydrogens is 296 g/mol. The third-order valence-electron chi connectivity index (χ3n) is 4.02. The minimum absolute atomic E-state index is 0.0265. The zero-order valence-electron chi connectivity index (χ0n) is 13.4. The highest BCUT2D eigenvalue weighted by molar-refractivity contribution is 5.85. The third kappa shape index (κ3) is 4.70. The summed E-state index contributed by atoms with van der Waals surface area (Å²) in [6.45, 7) is 3.71. The van der Waals surface area contributed by atoms with Gasteiger partial charge >= 0.3 is 0 Å². The van der Waals surface area contributed by atoms with Crippen LogP contribution in [0.4, 0.5) is 8.78 Å². The molecule has 23 heavy (non-hydrogen) atoms. The number of ketones is 1. The van der Waals surface area contributed by atoms with Gasteiger partial charge in [0.15, 0.2) is 0 Å².